The maximum Gasteiger partial charge on any atom is 0.136 e. The highest BCUT2D eigenvalue weighted by atomic mass is 16.5. The van der Waals surface area contributed by atoms with Crippen molar-refractivity contribution in [1.82, 2.24) is 5.32 Å². The third-order valence-corrected chi connectivity index (χ3v) is 4.54. The minimum absolute atomic E-state index is 0.136. The van der Waals surface area contributed by atoms with Crippen LogP contribution < -0.4 is 5.32 Å². The number of carbonyl (C=O) groups excluding carboxylic acids is 1. The second-order valence-corrected chi connectivity index (χ2v) is 6.32. The summed E-state index contributed by atoms with van der Waals surface area (Å²) in [5, 5.41) is 3.40. The van der Waals surface area contributed by atoms with Gasteiger partial charge in [-0.1, -0.05) is 55.5 Å². The molecule has 1 N–H and O–H groups in total. The van der Waals surface area contributed by atoms with Crippen molar-refractivity contribution in [3.63, 3.8) is 0 Å². The van der Waals surface area contributed by atoms with Gasteiger partial charge in [-0.15, -0.1) is 0 Å². The van der Waals surface area contributed by atoms with Gasteiger partial charge in [-0.05, 0) is 28.7 Å². The molecule has 1 aliphatic heterocycles. The smallest absolute Gasteiger partial charge is 0.136 e. The Balaban J connectivity index is 1.72. The van der Waals surface area contributed by atoms with E-state index in [9.17, 15) is 4.79 Å². The van der Waals surface area contributed by atoms with Crippen LogP contribution in [0, 0.1) is 0 Å². The summed E-state index contributed by atoms with van der Waals surface area (Å²) in [6.45, 7) is 4.47. The predicted molar refractivity (Wildman–Crippen MR) is 96.3 cm³/mol. The fourth-order valence-corrected chi connectivity index (χ4v) is 3.12. The number of ketones is 1. The van der Waals surface area contributed by atoms with Crippen molar-refractivity contribution in [1.29, 1.82) is 0 Å². The summed E-state index contributed by atoms with van der Waals surface area (Å²) in [6, 6.07) is 16.9. The minimum atomic E-state index is 0.136. The van der Waals surface area contributed by atoms with E-state index >= 15 is 0 Å². The van der Waals surface area contributed by atoms with Crippen molar-refractivity contribution in [2.24, 2.45) is 0 Å². The molecule has 1 fully saturated rings. The number of benzene rings is 2. The molecule has 2 aromatic rings. The SMILES string of the molecule is CCC(=O)Cc1ccc(Cc2ccccc2C2CNCCO2)cc1. The first-order valence-electron chi connectivity index (χ1n) is 8.76. The van der Waals surface area contributed by atoms with Crippen molar-refractivity contribution in [3.8, 4) is 0 Å². The normalized spacial score (nSPS) is 17.6. The van der Waals surface area contributed by atoms with Gasteiger partial charge in [-0.25, -0.2) is 0 Å². The summed E-state index contributed by atoms with van der Waals surface area (Å²) in [4.78, 5) is 11.6. The van der Waals surface area contributed by atoms with Gasteiger partial charge in [0.15, 0.2) is 0 Å². The van der Waals surface area contributed by atoms with E-state index in [1.807, 2.05) is 6.92 Å². The van der Waals surface area contributed by atoms with Gasteiger partial charge in [-0.3, -0.25) is 4.79 Å². The predicted octanol–water partition coefficient (Wildman–Crippen LogP) is 3.46. The van der Waals surface area contributed by atoms with Crippen LogP contribution in [0.1, 0.15) is 41.7 Å². The van der Waals surface area contributed by atoms with E-state index in [1.54, 1.807) is 0 Å². The molecular weight excluding hydrogens is 298 g/mol. The standard InChI is InChI=1S/C21H25NO2/c1-2-19(23)14-17-9-7-16(8-10-17)13-18-5-3-4-6-20(18)21-15-22-11-12-24-21/h3-10,21-22H,2,11-15H2,1H3. The molecule has 2 aromatic carbocycles. The van der Waals surface area contributed by atoms with E-state index in [4.69, 9.17) is 4.74 Å². The maximum atomic E-state index is 11.6. The lowest BCUT2D eigenvalue weighted by atomic mass is 9.95. The number of Topliss-reactive ketones (excluding diaryl/α,β-unsaturated/α-hetero) is 1. The van der Waals surface area contributed by atoms with Crippen LogP contribution in [0.5, 0.6) is 0 Å². The van der Waals surface area contributed by atoms with E-state index in [2.05, 4.69) is 53.8 Å². The largest absolute Gasteiger partial charge is 0.371 e. The van der Waals surface area contributed by atoms with Crippen molar-refractivity contribution in [3.05, 3.63) is 70.8 Å². The maximum absolute atomic E-state index is 11.6. The lowest BCUT2D eigenvalue weighted by molar-refractivity contribution is -0.118. The van der Waals surface area contributed by atoms with E-state index in [-0.39, 0.29) is 11.9 Å². The summed E-state index contributed by atoms with van der Waals surface area (Å²) in [6.07, 6.45) is 2.16. The van der Waals surface area contributed by atoms with Gasteiger partial charge in [0.1, 0.15) is 5.78 Å². The number of ether oxygens (including phenoxy) is 1. The molecule has 0 bridgehead atoms. The van der Waals surface area contributed by atoms with Gasteiger partial charge in [-0.2, -0.15) is 0 Å². The van der Waals surface area contributed by atoms with Gasteiger partial charge in [0.2, 0.25) is 0 Å². The zero-order valence-corrected chi connectivity index (χ0v) is 14.3. The Labute approximate surface area is 144 Å². The summed E-state index contributed by atoms with van der Waals surface area (Å²) >= 11 is 0. The third kappa shape index (κ3) is 4.31. The van der Waals surface area contributed by atoms with Gasteiger partial charge >= 0.3 is 0 Å². The quantitative estimate of drug-likeness (QED) is 0.885. The molecule has 3 heteroatoms. The summed E-state index contributed by atoms with van der Waals surface area (Å²) in [5.74, 6) is 0.287. The average molecular weight is 323 g/mol. The highest BCUT2D eigenvalue weighted by Gasteiger charge is 2.18. The lowest BCUT2D eigenvalue weighted by Gasteiger charge is -2.26. The Kier molecular flexibility index (Phi) is 5.78. The Hall–Kier alpha value is -1.97. The van der Waals surface area contributed by atoms with Crippen molar-refractivity contribution >= 4 is 5.78 Å². The van der Waals surface area contributed by atoms with Crippen LogP contribution in [-0.2, 0) is 22.4 Å². The van der Waals surface area contributed by atoms with E-state index in [0.717, 1.165) is 31.7 Å². The number of morpholine rings is 1. The third-order valence-electron chi connectivity index (χ3n) is 4.54. The molecule has 0 saturated carbocycles. The van der Waals surface area contributed by atoms with E-state index in [0.29, 0.717) is 12.8 Å². The number of hydrogen-bond donors (Lipinski definition) is 1. The van der Waals surface area contributed by atoms with Gasteiger partial charge in [0.25, 0.3) is 0 Å². The van der Waals surface area contributed by atoms with Crippen molar-refractivity contribution < 1.29 is 9.53 Å². The molecule has 24 heavy (non-hydrogen) atoms. The number of carbonyl (C=O) groups is 1. The topological polar surface area (TPSA) is 38.3 Å². The first-order valence-corrected chi connectivity index (χ1v) is 8.76. The summed E-state index contributed by atoms with van der Waals surface area (Å²) in [5.41, 5.74) is 4.94. The highest BCUT2D eigenvalue weighted by molar-refractivity contribution is 5.80. The van der Waals surface area contributed by atoms with Crippen LogP contribution in [0.15, 0.2) is 48.5 Å². The molecule has 0 aromatic heterocycles. The minimum Gasteiger partial charge on any atom is -0.371 e. The fraction of sp³-hybridized carbons (Fsp3) is 0.381. The monoisotopic (exact) mass is 323 g/mol. The summed E-state index contributed by atoms with van der Waals surface area (Å²) in [7, 11) is 0. The second-order valence-electron chi connectivity index (χ2n) is 6.32. The Bertz CT molecular complexity index is 672. The lowest BCUT2D eigenvalue weighted by Crippen LogP contribution is -2.33. The molecule has 1 unspecified atom stereocenters. The van der Waals surface area contributed by atoms with Crippen molar-refractivity contribution in [2.45, 2.75) is 32.3 Å². The van der Waals surface area contributed by atoms with E-state index < -0.39 is 0 Å². The molecule has 0 spiro atoms. The van der Waals surface area contributed by atoms with Crippen LogP contribution in [-0.4, -0.2) is 25.5 Å². The molecule has 0 amide bonds. The highest BCUT2D eigenvalue weighted by Crippen LogP contribution is 2.24. The van der Waals surface area contributed by atoms with Crippen LogP contribution >= 0.6 is 0 Å². The number of hydrogen-bond acceptors (Lipinski definition) is 3. The number of nitrogens with one attached hydrogen (secondary N) is 1. The van der Waals surface area contributed by atoms with Gasteiger partial charge in [0, 0.05) is 25.9 Å². The fourth-order valence-electron chi connectivity index (χ4n) is 3.12. The average Bonchev–Trinajstić information content (AvgIpc) is 2.64. The molecule has 1 saturated heterocycles. The van der Waals surface area contributed by atoms with Crippen molar-refractivity contribution in [2.75, 3.05) is 19.7 Å². The Morgan fingerprint density at radius 2 is 1.88 bits per heavy atom. The Morgan fingerprint density at radius 1 is 1.12 bits per heavy atom. The molecule has 126 valence electrons. The molecule has 3 nitrogen and oxygen atoms in total. The van der Waals surface area contributed by atoms with Crippen LogP contribution in [0.4, 0.5) is 0 Å². The van der Waals surface area contributed by atoms with Crippen LogP contribution in [0.2, 0.25) is 0 Å². The zero-order chi connectivity index (χ0) is 16.8. The Morgan fingerprint density at radius 3 is 2.58 bits per heavy atom. The van der Waals surface area contributed by atoms with Crippen LogP contribution in [0.25, 0.3) is 0 Å². The van der Waals surface area contributed by atoms with Crippen LogP contribution in [0.3, 0.4) is 0 Å². The molecular formula is C21H25NO2. The molecule has 3 rings (SSSR count). The molecule has 1 atom stereocenters. The zero-order valence-electron chi connectivity index (χ0n) is 14.3. The summed E-state index contributed by atoms with van der Waals surface area (Å²) < 4.78 is 5.92. The molecule has 0 radical (unpaired) electrons. The second kappa shape index (κ2) is 8.22. The first kappa shape index (κ1) is 16.9. The first-order chi connectivity index (χ1) is 11.8. The molecule has 1 heterocycles. The van der Waals surface area contributed by atoms with Gasteiger partial charge in [0.05, 0.1) is 12.7 Å². The van der Waals surface area contributed by atoms with E-state index in [1.165, 1.54) is 16.7 Å². The molecule has 0 aliphatic carbocycles. The molecule has 1 aliphatic rings. The number of rotatable bonds is 6. The van der Waals surface area contributed by atoms with Gasteiger partial charge < -0.3 is 10.1 Å².